The first-order valence-corrected chi connectivity index (χ1v) is 5.51. The molecule has 0 bridgehead atoms. The van der Waals surface area contributed by atoms with Gasteiger partial charge in [-0.2, -0.15) is 0 Å². The van der Waals surface area contributed by atoms with Crippen LogP contribution in [0.4, 0.5) is 0 Å². The third kappa shape index (κ3) is 5.19. The summed E-state index contributed by atoms with van der Waals surface area (Å²) in [6.45, 7) is 4.07. The second-order valence-corrected chi connectivity index (χ2v) is 3.87. The van der Waals surface area contributed by atoms with E-state index in [2.05, 4.69) is 14.9 Å². The van der Waals surface area contributed by atoms with E-state index in [4.69, 9.17) is 0 Å². The molecule has 1 heterocycles. The molecule has 1 aromatic heterocycles. The molecule has 0 unspecified atom stereocenters. The van der Waals surface area contributed by atoms with Crippen LogP contribution in [0.25, 0.3) is 0 Å². The number of rotatable bonds is 6. The Morgan fingerprint density at radius 2 is 2.29 bits per heavy atom. The predicted molar refractivity (Wildman–Crippen MR) is 70.4 cm³/mol. The number of hydrogen-bond acceptors (Lipinski definition) is 3. The van der Waals surface area contributed by atoms with E-state index in [-0.39, 0.29) is 18.3 Å². The van der Waals surface area contributed by atoms with E-state index in [9.17, 15) is 4.79 Å². The van der Waals surface area contributed by atoms with Crippen molar-refractivity contribution in [3.05, 3.63) is 18.2 Å². The Labute approximate surface area is 109 Å². The highest BCUT2D eigenvalue weighted by Gasteiger charge is 2.06. The van der Waals surface area contributed by atoms with E-state index >= 15 is 0 Å². The van der Waals surface area contributed by atoms with Gasteiger partial charge >= 0.3 is 0 Å². The fourth-order valence-electron chi connectivity index (χ4n) is 1.53. The zero-order valence-corrected chi connectivity index (χ0v) is 11.5. The Morgan fingerprint density at radius 1 is 1.59 bits per heavy atom. The summed E-state index contributed by atoms with van der Waals surface area (Å²) in [6.07, 6.45) is 4.71. The van der Waals surface area contributed by atoms with Gasteiger partial charge in [-0.15, -0.1) is 12.4 Å². The molecule has 0 fully saturated rings. The zero-order valence-electron chi connectivity index (χ0n) is 10.6. The van der Waals surface area contributed by atoms with Crippen molar-refractivity contribution in [2.75, 3.05) is 27.2 Å². The summed E-state index contributed by atoms with van der Waals surface area (Å²) in [5, 5.41) is 2.86. The maximum absolute atomic E-state index is 11.4. The Bertz CT molecular complexity index is 340. The quantitative estimate of drug-likeness (QED) is 0.819. The molecule has 0 saturated heterocycles. The third-order valence-electron chi connectivity index (χ3n) is 2.57. The normalized spacial score (nSPS) is 9.82. The van der Waals surface area contributed by atoms with Gasteiger partial charge in [0, 0.05) is 32.5 Å². The molecule has 17 heavy (non-hydrogen) atoms. The molecule has 1 N–H and O–H groups in total. The Kier molecular flexibility index (Phi) is 7.58. The molecule has 0 atom stereocenters. The smallest absolute Gasteiger partial charge is 0.236 e. The molecule has 1 aromatic rings. The van der Waals surface area contributed by atoms with Gasteiger partial charge in [0.25, 0.3) is 0 Å². The molecule has 0 aliphatic carbocycles. The molecule has 5 nitrogen and oxygen atoms in total. The topological polar surface area (TPSA) is 50.2 Å². The molecule has 6 heteroatoms. The van der Waals surface area contributed by atoms with E-state index in [1.165, 1.54) is 0 Å². The number of halogens is 1. The monoisotopic (exact) mass is 260 g/mol. The van der Waals surface area contributed by atoms with Crippen molar-refractivity contribution in [2.24, 2.45) is 0 Å². The largest absolute Gasteiger partial charge is 0.345 e. The van der Waals surface area contributed by atoms with Gasteiger partial charge in [0.2, 0.25) is 5.91 Å². The lowest BCUT2D eigenvalue weighted by atomic mass is 10.3. The molecule has 0 spiro atoms. The van der Waals surface area contributed by atoms with Crippen molar-refractivity contribution < 1.29 is 4.79 Å². The number of aromatic nitrogens is 2. The highest BCUT2D eigenvalue weighted by Crippen LogP contribution is 1.98. The lowest BCUT2D eigenvalue weighted by Gasteiger charge is -2.17. The van der Waals surface area contributed by atoms with Crippen molar-refractivity contribution in [3.63, 3.8) is 0 Å². The fourth-order valence-corrected chi connectivity index (χ4v) is 1.53. The minimum absolute atomic E-state index is 0. The molecule has 98 valence electrons. The Hall–Kier alpha value is -1.07. The predicted octanol–water partition coefficient (Wildman–Crippen LogP) is 0.681. The molecular formula is C11H21ClN4O. The first-order chi connectivity index (χ1) is 7.65. The Balaban J connectivity index is 0.00000256. The number of hydrogen-bond donors (Lipinski definition) is 1. The maximum Gasteiger partial charge on any atom is 0.236 e. The van der Waals surface area contributed by atoms with Gasteiger partial charge < -0.3 is 14.8 Å². The van der Waals surface area contributed by atoms with Crippen LogP contribution in [-0.4, -0.2) is 47.5 Å². The number of aryl methyl sites for hydroxylation is 2. The van der Waals surface area contributed by atoms with Crippen LogP contribution in [0, 0.1) is 6.92 Å². The van der Waals surface area contributed by atoms with Crippen molar-refractivity contribution in [3.8, 4) is 0 Å². The van der Waals surface area contributed by atoms with Crippen LogP contribution in [0.15, 0.2) is 12.4 Å². The molecule has 0 aromatic carbocycles. The van der Waals surface area contributed by atoms with Gasteiger partial charge in [-0.25, -0.2) is 4.98 Å². The summed E-state index contributed by atoms with van der Waals surface area (Å²) >= 11 is 0. The van der Waals surface area contributed by atoms with Crippen LogP contribution < -0.4 is 5.32 Å². The average Bonchev–Trinajstić information content (AvgIpc) is 2.65. The first-order valence-electron chi connectivity index (χ1n) is 5.51. The van der Waals surface area contributed by atoms with Gasteiger partial charge in [0.15, 0.2) is 0 Å². The number of nitrogens with zero attached hydrogens (tertiary/aromatic N) is 3. The van der Waals surface area contributed by atoms with E-state index in [0.717, 1.165) is 25.3 Å². The average molecular weight is 261 g/mol. The second kappa shape index (κ2) is 8.08. The molecule has 0 aliphatic heterocycles. The molecule has 1 rings (SSSR count). The van der Waals surface area contributed by atoms with Crippen molar-refractivity contribution in [1.29, 1.82) is 0 Å². The van der Waals surface area contributed by atoms with Crippen LogP contribution in [0.2, 0.25) is 0 Å². The van der Waals surface area contributed by atoms with Crippen molar-refractivity contribution in [2.45, 2.75) is 19.9 Å². The molecule has 0 radical (unpaired) electrons. The number of amides is 1. The number of nitrogens with one attached hydrogen (secondary N) is 1. The Morgan fingerprint density at radius 3 is 2.82 bits per heavy atom. The van der Waals surface area contributed by atoms with Crippen LogP contribution in [-0.2, 0) is 11.3 Å². The van der Waals surface area contributed by atoms with E-state index < -0.39 is 0 Å². The molecule has 1 amide bonds. The standard InChI is InChI=1S/C11H20N4O.ClH/c1-10-13-5-8-15(10)7-4-6-14(3)11(16)9-12-2;/h5,8,12H,4,6-7,9H2,1-3H3;1H. The van der Waals surface area contributed by atoms with Gasteiger partial charge in [-0.3, -0.25) is 4.79 Å². The molecular weight excluding hydrogens is 240 g/mol. The summed E-state index contributed by atoms with van der Waals surface area (Å²) < 4.78 is 2.09. The second-order valence-electron chi connectivity index (χ2n) is 3.87. The van der Waals surface area contributed by atoms with Crippen molar-refractivity contribution >= 4 is 18.3 Å². The summed E-state index contributed by atoms with van der Waals surface area (Å²) in [5.41, 5.74) is 0. The van der Waals surface area contributed by atoms with Gasteiger partial charge in [0.05, 0.1) is 6.54 Å². The third-order valence-corrected chi connectivity index (χ3v) is 2.57. The SMILES string of the molecule is CNCC(=O)N(C)CCCn1ccnc1C.Cl. The highest BCUT2D eigenvalue weighted by molar-refractivity contribution is 5.85. The van der Waals surface area contributed by atoms with Crippen LogP contribution in [0.1, 0.15) is 12.2 Å². The summed E-state index contributed by atoms with van der Waals surface area (Å²) in [5.74, 6) is 1.15. The van der Waals surface area contributed by atoms with E-state index in [1.54, 1.807) is 18.1 Å². The lowest BCUT2D eigenvalue weighted by molar-refractivity contribution is -0.128. The molecule has 0 aliphatic rings. The number of carbonyl (C=O) groups excluding carboxylic acids is 1. The van der Waals surface area contributed by atoms with Gasteiger partial charge in [-0.05, 0) is 20.4 Å². The number of carbonyl (C=O) groups is 1. The fraction of sp³-hybridized carbons (Fsp3) is 0.636. The van der Waals surface area contributed by atoms with Crippen molar-refractivity contribution in [1.82, 2.24) is 19.8 Å². The summed E-state index contributed by atoms with van der Waals surface area (Å²) in [6, 6.07) is 0. The van der Waals surface area contributed by atoms with Crippen LogP contribution >= 0.6 is 12.4 Å². The number of likely N-dealkylation sites (N-methyl/N-ethyl adjacent to an activating group) is 2. The zero-order chi connectivity index (χ0) is 12.0. The van der Waals surface area contributed by atoms with Crippen LogP contribution in [0.3, 0.4) is 0 Å². The summed E-state index contributed by atoms with van der Waals surface area (Å²) in [7, 11) is 3.61. The van der Waals surface area contributed by atoms with E-state index in [1.807, 2.05) is 20.2 Å². The lowest BCUT2D eigenvalue weighted by Crippen LogP contribution is -2.35. The van der Waals surface area contributed by atoms with E-state index in [0.29, 0.717) is 6.54 Å². The highest BCUT2D eigenvalue weighted by atomic mass is 35.5. The van der Waals surface area contributed by atoms with Gasteiger partial charge in [0.1, 0.15) is 5.82 Å². The minimum Gasteiger partial charge on any atom is -0.345 e. The molecule has 0 saturated carbocycles. The first kappa shape index (κ1) is 15.9. The van der Waals surface area contributed by atoms with Crippen LogP contribution in [0.5, 0.6) is 0 Å². The minimum atomic E-state index is 0. The summed E-state index contributed by atoms with van der Waals surface area (Å²) in [4.78, 5) is 17.4. The maximum atomic E-state index is 11.4. The van der Waals surface area contributed by atoms with Gasteiger partial charge in [-0.1, -0.05) is 0 Å². The number of imidazole rings is 1.